The van der Waals surface area contributed by atoms with E-state index in [-0.39, 0.29) is 24.0 Å². The number of para-hydroxylation sites is 1. The Bertz CT molecular complexity index is 875. The summed E-state index contributed by atoms with van der Waals surface area (Å²) >= 11 is 0. The predicted molar refractivity (Wildman–Crippen MR) is 107 cm³/mol. The standard InChI is InChI=1S/C23H25F2NO2/c1-3-17-15-23(10-9-16-7-5-6-8-21(16)28-23)11-12-26(17)18-13-19(24)22(27-4-2)20(25)14-18/h5-10,13-14,17H,3-4,11-12,15H2,1-2H3. The molecular formula is C23H25F2NO2. The van der Waals surface area contributed by atoms with Crippen LogP contribution in [0.15, 0.2) is 42.5 Å². The third-order valence-electron chi connectivity index (χ3n) is 5.67. The van der Waals surface area contributed by atoms with E-state index < -0.39 is 11.6 Å². The molecule has 2 unspecified atom stereocenters. The van der Waals surface area contributed by atoms with Crippen molar-refractivity contribution in [2.75, 3.05) is 18.1 Å². The molecular weight excluding hydrogens is 360 g/mol. The smallest absolute Gasteiger partial charge is 0.190 e. The molecule has 28 heavy (non-hydrogen) atoms. The van der Waals surface area contributed by atoms with Gasteiger partial charge in [0, 0.05) is 48.8 Å². The Morgan fingerprint density at radius 2 is 1.93 bits per heavy atom. The van der Waals surface area contributed by atoms with E-state index >= 15 is 0 Å². The van der Waals surface area contributed by atoms with Gasteiger partial charge in [-0.3, -0.25) is 0 Å². The molecule has 2 atom stereocenters. The number of hydrogen-bond acceptors (Lipinski definition) is 3. The first-order valence-electron chi connectivity index (χ1n) is 9.91. The molecule has 1 fully saturated rings. The predicted octanol–water partition coefficient (Wildman–Crippen LogP) is 5.59. The summed E-state index contributed by atoms with van der Waals surface area (Å²) in [4.78, 5) is 2.09. The minimum atomic E-state index is -0.658. The van der Waals surface area contributed by atoms with Crippen LogP contribution >= 0.6 is 0 Å². The molecule has 5 heteroatoms. The summed E-state index contributed by atoms with van der Waals surface area (Å²) in [7, 11) is 0. The molecule has 0 radical (unpaired) electrons. The van der Waals surface area contributed by atoms with E-state index in [9.17, 15) is 8.78 Å². The van der Waals surface area contributed by atoms with Gasteiger partial charge in [0.1, 0.15) is 11.4 Å². The normalized spacial score (nSPS) is 23.4. The summed E-state index contributed by atoms with van der Waals surface area (Å²) in [6.45, 7) is 4.69. The lowest BCUT2D eigenvalue weighted by Gasteiger charge is -2.47. The van der Waals surface area contributed by atoms with Crippen LogP contribution in [0.25, 0.3) is 6.08 Å². The summed E-state index contributed by atoms with van der Waals surface area (Å²) in [5, 5.41) is 0. The largest absolute Gasteiger partial charge is 0.488 e. The van der Waals surface area contributed by atoms with Crippen LogP contribution < -0.4 is 14.4 Å². The number of piperidine rings is 1. The van der Waals surface area contributed by atoms with Gasteiger partial charge in [-0.1, -0.05) is 31.2 Å². The van der Waals surface area contributed by atoms with Gasteiger partial charge in [-0.15, -0.1) is 0 Å². The van der Waals surface area contributed by atoms with E-state index in [1.54, 1.807) is 6.92 Å². The second-order valence-corrected chi connectivity index (χ2v) is 7.42. The Balaban J connectivity index is 1.58. The Morgan fingerprint density at radius 3 is 2.64 bits per heavy atom. The summed E-state index contributed by atoms with van der Waals surface area (Å²) in [6.07, 6.45) is 6.65. The molecule has 0 bridgehead atoms. The molecule has 1 saturated heterocycles. The zero-order chi connectivity index (χ0) is 19.7. The summed E-state index contributed by atoms with van der Waals surface area (Å²) in [5.41, 5.74) is 1.27. The first kappa shape index (κ1) is 18.8. The van der Waals surface area contributed by atoms with Crippen molar-refractivity contribution in [3.8, 4) is 11.5 Å². The lowest BCUT2D eigenvalue weighted by molar-refractivity contribution is 0.0733. The van der Waals surface area contributed by atoms with Gasteiger partial charge in [0.15, 0.2) is 17.4 Å². The fraction of sp³-hybridized carbons (Fsp3) is 0.391. The maximum atomic E-state index is 14.4. The molecule has 0 amide bonds. The SMILES string of the molecule is CCOc1c(F)cc(N2CCC3(C=Cc4ccccc4O3)CC2CC)cc1F. The van der Waals surface area contributed by atoms with Gasteiger partial charge in [0.05, 0.1) is 6.61 Å². The summed E-state index contributed by atoms with van der Waals surface area (Å²) in [6, 6.07) is 10.9. The second kappa shape index (κ2) is 7.46. The summed E-state index contributed by atoms with van der Waals surface area (Å²) < 4.78 is 40.2. The van der Waals surface area contributed by atoms with E-state index in [1.165, 1.54) is 12.1 Å². The average molecular weight is 385 g/mol. The van der Waals surface area contributed by atoms with Crippen LogP contribution in [0.4, 0.5) is 14.5 Å². The van der Waals surface area contributed by atoms with E-state index in [0.717, 1.165) is 30.6 Å². The van der Waals surface area contributed by atoms with Gasteiger partial charge in [-0.05, 0) is 25.5 Å². The van der Waals surface area contributed by atoms with Crippen LogP contribution in [0.1, 0.15) is 38.7 Å². The number of nitrogens with zero attached hydrogens (tertiary/aromatic N) is 1. The van der Waals surface area contributed by atoms with E-state index in [1.807, 2.05) is 24.3 Å². The van der Waals surface area contributed by atoms with Crippen molar-refractivity contribution in [3.05, 3.63) is 59.7 Å². The highest BCUT2D eigenvalue weighted by Gasteiger charge is 2.41. The van der Waals surface area contributed by atoms with Gasteiger partial charge >= 0.3 is 0 Å². The molecule has 2 aromatic rings. The number of fused-ring (bicyclic) bond motifs is 1. The molecule has 4 rings (SSSR count). The molecule has 2 aliphatic rings. The molecule has 2 heterocycles. The molecule has 2 aromatic carbocycles. The highest BCUT2D eigenvalue weighted by atomic mass is 19.1. The Labute approximate surface area is 164 Å². The minimum Gasteiger partial charge on any atom is -0.488 e. The van der Waals surface area contributed by atoms with Gasteiger partial charge in [0.25, 0.3) is 0 Å². The van der Waals surface area contributed by atoms with Crippen LogP contribution in [0.3, 0.4) is 0 Å². The molecule has 0 aromatic heterocycles. The number of benzene rings is 2. The zero-order valence-corrected chi connectivity index (χ0v) is 16.3. The summed E-state index contributed by atoms with van der Waals surface area (Å²) in [5.74, 6) is -0.723. The Kier molecular flexibility index (Phi) is 5.00. The first-order valence-corrected chi connectivity index (χ1v) is 9.91. The Hall–Kier alpha value is -2.56. The highest BCUT2D eigenvalue weighted by molar-refractivity contribution is 5.61. The van der Waals surface area contributed by atoms with Crippen molar-refractivity contribution in [1.82, 2.24) is 0 Å². The van der Waals surface area contributed by atoms with Gasteiger partial charge in [0.2, 0.25) is 0 Å². The molecule has 0 aliphatic carbocycles. The molecule has 0 N–H and O–H groups in total. The van der Waals surface area contributed by atoms with Crippen molar-refractivity contribution in [1.29, 1.82) is 0 Å². The minimum absolute atomic E-state index is 0.125. The first-order chi connectivity index (χ1) is 13.5. The van der Waals surface area contributed by atoms with Crippen LogP contribution in [0.2, 0.25) is 0 Å². The number of anilines is 1. The quantitative estimate of drug-likeness (QED) is 0.685. The molecule has 0 saturated carbocycles. The topological polar surface area (TPSA) is 21.7 Å². The number of rotatable bonds is 4. The van der Waals surface area contributed by atoms with Crippen LogP contribution in [0.5, 0.6) is 11.5 Å². The van der Waals surface area contributed by atoms with E-state index in [0.29, 0.717) is 12.2 Å². The third-order valence-corrected chi connectivity index (χ3v) is 5.67. The lowest BCUT2D eigenvalue weighted by Crippen LogP contribution is -2.53. The fourth-order valence-electron chi connectivity index (χ4n) is 4.25. The maximum absolute atomic E-state index is 14.4. The van der Waals surface area contributed by atoms with Crippen molar-refractivity contribution in [3.63, 3.8) is 0 Å². The molecule has 1 spiro atoms. The molecule has 148 valence electrons. The van der Waals surface area contributed by atoms with Crippen molar-refractivity contribution in [2.24, 2.45) is 0 Å². The third kappa shape index (κ3) is 3.34. The van der Waals surface area contributed by atoms with E-state index in [2.05, 4.69) is 24.0 Å². The highest BCUT2D eigenvalue weighted by Crippen LogP contribution is 2.41. The molecule has 2 aliphatic heterocycles. The molecule has 3 nitrogen and oxygen atoms in total. The number of halogens is 2. The van der Waals surface area contributed by atoms with Crippen molar-refractivity contribution < 1.29 is 18.3 Å². The van der Waals surface area contributed by atoms with Crippen LogP contribution in [-0.2, 0) is 0 Å². The van der Waals surface area contributed by atoms with Gasteiger partial charge in [-0.25, -0.2) is 8.78 Å². The Morgan fingerprint density at radius 1 is 1.18 bits per heavy atom. The van der Waals surface area contributed by atoms with Crippen LogP contribution in [0, 0.1) is 11.6 Å². The van der Waals surface area contributed by atoms with Gasteiger partial charge in [-0.2, -0.15) is 0 Å². The maximum Gasteiger partial charge on any atom is 0.190 e. The lowest BCUT2D eigenvalue weighted by atomic mass is 9.82. The second-order valence-electron chi connectivity index (χ2n) is 7.42. The fourth-order valence-corrected chi connectivity index (χ4v) is 4.25. The zero-order valence-electron chi connectivity index (χ0n) is 16.3. The average Bonchev–Trinajstić information content (AvgIpc) is 2.70. The van der Waals surface area contributed by atoms with E-state index in [4.69, 9.17) is 9.47 Å². The van der Waals surface area contributed by atoms with Crippen molar-refractivity contribution in [2.45, 2.75) is 44.8 Å². The van der Waals surface area contributed by atoms with Crippen molar-refractivity contribution >= 4 is 11.8 Å². The monoisotopic (exact) mass is 385 g/mol. The number of ether oxygens (including phenoxy) is 2. The number of hydrogen-bond donors (Lipinski definition) is 0. The van der Waals surface area contributed by atoms with Gasteiger partial charge < -0.3 is 14.4 Å². The van der Waals surface area contributed by atoms with Crippen LogP contribution in [-0.4, -0.2) is 24.8 Å².